The predicted molar refractivity (Wildman–Crippen MR) is 92.9 cm³/mol. The Morgan fingerprint density at radius 1 is 1.08 bits per heavy atom. The Kier molecular flexibility index (Phi) is 3.24. The van der Waals surface area contributed by atoms with Gasteiger partial charge in [-0.15, -0.1) is 0 Å². The number of phenols is 1. The lowest BCUT2D eigenvalue weighted by Crippen LogP contribution is -1.98. The molecule has 118 valence electrons. The number of aromatic nitrogens is 4. The van der Waals surface area contributed by atoms with E-state index >= 15 is 0 Å². The van der Waals surface area contributed by atoms with E-state index in [4.69, 9.17) is 5.73 Å². The molecular formula is C17H14N6O. The van der Waals surface area contributed by atoms with Crippen molar-refractivity contribution in [2.75, 3.05) is 11.1 Å². The third-order valence-electron chi connectivity index (χ3n) is 3.67. The lowest BCUT2D eigenvalue weighted by atomic mass is 10.1. The number of aromatic amines is 1. The number of hydrogen-bond donors (Lipinski definition) is 4. The molecule has 2 heterocycles. The Hall–Kier alpha value is -3.61. The summed E-state index contributed by atoms with van der Waals surface area (Å²) in [7, 11) is 0. The number of hydrogen-bond acceptors (Lipinski definition) is 6. The number of benzene rings is 2. The fraction of sp³-hybridized carbons (Fsp3) is 0. The first-order valence-electron chi connectivity index (χ1n) is 7.33. The van der Waals surface area contributed by atoms with Gasteiger partial charge in [-0.25, -0.2) is 4.98 Å². The normalized spacial score (nSPS) is 10.8. The van der Waals surface area contributed by atoms with Crippen molar-refractivity contribution in [3.8, 4) is 17.0 Å². The maximum atomic E-state index is 10.1. The number of aromatic hydroxyl groups is 1. The molecule has 0 saturated heterocycles. The minimum Gasteiger partial charge on any atom is -0.507 e. The van der Waals surface area contributed by atoms with Gasteiger partial charge < -0.3 is 16.2 Å². The second-order valence-electron chi connectivity index (χ2n) is 5.27. The summed E-state index contributed by atoms with van der Waals surface area (Å²) in [5.41, 5.74) is 8.67. The van der Waals surface area contributed by atoms with Crippen LogP contribution in [0.15, 0.2) is 54.7 Å². The summed E-state index contributed by atoms with van der Waals surface area (Å²) in [5, 5.41) is 21.5. The molecule has 7 nitrogen and oxygen atoms in total. The molecule has 4 rings (SSSR count). The number of nitrogen functional groups attached to an aromatic ring is 1. The Bertz CT molecular complexity index is 1030. The van der Waals surface area contributed by atoms with Crippen molar-refractivity contribution < 1.29 is 5.11 Å². The van der Waals surface area contributed by atoms with Gasteiger partial charge in [-0.1, -0.05) is 12.1 Å². The van der Waals surface area contributed by atoms with Crippen molar-refractivity contribution in [2.45, 2.75) is 0 Å². The summed E-state index contributed by atoms with van der Waals surface area (Å²) in [5.74, 6) is 1.00. The Morgan fingerprint density at radius 3 is 2.79 bits per heavy atom. The monoisotopic (exact) mass is 318 g/mol. The van der Waals surface area contributed by atoms with Crippen LogP contribution in [0, 0.1) is 0 Å². The van der Waals surface area contributed by atoms with Crippen LogP contribution in [0.5, 0.6) is 5.75 Å². The highest BCUT2D eigenvalue weighted by atomic mass is 16.3. The molecule has 0 aliphatic rings. The number of nitrogens with two attached hydrogens (primary N) is 1. The maximum absolute atomic E-state index is 10.1. The van der Waals surface area contributed by atoms with Gasteiger partial charge in [-0.3, -0.25) is 5.10 Å². The number of anilines is 3. The summed E-state index contributed by atoms with van der Waals surface area (Å²) >= 11 is 0. The van der Waals surface area contributed by atoms with Crippen LogP contribution in [0.2, 0.25) is 0 Å². The zero-order chi connectivity index (χ0) is 16.5. The van der Waals surface area contributed by atoms with Gasteiger partial charge >= 0.3 is 0 Å². The molecule has 0 fully saturated rings. The molecule has 0 unspecified atom stereocenters. The number of rotatable bonds is 3. The van der Waals surface area contributed by atoms with Crippen LogP contribution < -0.4 is 11.1 Å². The van der Waals surface area contributed by atoms with Crippen LogP contribution in [0.25, 0.3) is 22.2 Å². The van der Waals surface area contributed by atoms with Gasteiger partial charge in [0.2, 0.25) is 5.95 Å². The molecule has 0 saturated carbocycles. The molecule has 0 aliphatic carbocycles. The summed E-state index contributed by atoms with van der Waals surface area (Å²) in [6.07, 6.45) is 1.59. The van der Waals surface area contributed by atoms with Gasteiger partial charge in [0.05, 0.1) is 5.52 Å². The van der Waals surface area contributed by atoms with Gasteiger partial charge in [-0.2, -0.15) is 10.1 Å². The van der Waals surface area contributed by atoms with Crippen LogP contribution in [-0.2, 0) is 0 Å². The number of fused-ring (bicyclic) bond motifs is 1. The van der Waals surface area contributed by atoms with Crippen molar-refractivity contribution in [3.05, 3.63) is 54.7 Å². The molecule has 7 heteroatoms. The van der Waals surface area contributed by atoms with Gasteiger partial charge in [0.1, 0.15) is 17.3 Å². The highest BCUT2D eigenvalue weighted by molar-refractivity contribution is 5.96. The molecule has 2 aromatic carbocycles. The van der Waals surface area contributed by atoms with E-state index in [0.717, 1.165) is 16.6 Å². The largest absolute Gasteiger partial charge is 0.507 e. The smallest absolute Gasteiger partial charge is 0.221 e. The Labute approximate surface area is 137 Å². The van der Waals surface area contributed by atoms with Crippen LogP contribution in [0.4, 0.5) is 17.5 Å². The van der Waals surface area contributed by atoms with Gasteiger partial charge in [-0.05, 0) is 36.4 Å². The fourth-order valence-electron chi connectivity index (χ4n) is 2.56. The van der Waals surface area contributed by atoms with E-state index in [0.29, 0.717) is 17.1 Å². The average Bonchev–Trinajstić information content (AvgIpc) is 2.98. The second-order valence-corrected chi connectivity index (χ2v) is 5.27. The van der Waals surface area contributed by atoms with Crippen LogP contribution in [0.3, 0.4) is 0 Å². The first-order chi connectivity index (χ1) is 11.7. The molecule has 0 spiro atoms. The van der Waals surface area contributed by atoms with Crippen LogP contribution in [-0.4, -0.2) is 25.3 Å². The number of H-pyrrole nitrogens is 1. The third kappa shape index (κ3) is 2.48. The fourth-order valence-corrected chi connectivity index (χ4v) is 2.56. The van der Waals surface area contributed by atoms with Crippen molar-refractivity contribution in [1.82, 2.24) is 20.2 Å². The van der Waals surface area contributed by atoms with Crippen LogP contribution in [0.1, 0.15) is 0 Å². The van der Waals surface area contributed by atoms with Crippen molar-refractivity contribution in [3.63, 3.8) is 0 Å². The van der Waals surface area contributed by atoms with Crippen molar-refractivity contribution in [1.29, 1.82) is 0 Å². The topological polar surface area (TPSA) is 113 Å². The molecule has 2 aromatic heterocycles. The molecular weight excluding hydrogens is 304 g/mol. The van der Waals surface area contributed by atoms with E-state index in [1.54, 1.807) is 24.4 Å². The van der Waals surface area contributed by atoms with E-state index in [9.17, 15) is 5.11 Å². The number of phenolic OH excluding ortho intramolecular Hbond substituents is 1. The maximum Gasteiger partial charge on any atom is 0.221 e. The highest BCUT2D eigenvalue weighted by Crippen LogP contribution is 2.33. The number of para-hydroxylation sites is 1. The second kappa shape index (κ2) is 5.54. The number of nitrogens with one attached hydrogen (secondary N) is 2. The number of nitrogens with zero attached hydrogens (tertiary/aromatic N) is 3. The zero-order valence-corrected chi connectivity index (χ0v) is 12.6. The molecule has 0 aliphatic heterocycles. The van der Waals surface area contributed by atoms with Gasteiger partial charge in [0.25, 0.3) is 0 Å². The first-order valence-corrected chi connectivity index (χ1v) is 7.33. The molecule has 0 amide bonds. The quantitative estimate of drug-likeness (QED) is 0.462. The summed E-state index contributed by atoms with van der Waals surface area (Å²) < 4.78 is 0. The van der Waals surface area contributed by atoms with Crippen molar-refractivity contribution >= 4 is 28.4 Å². The van der Waals surface area contributed by atoms with Crippen molar-refractivity contribution in [2.24, 2.45) is 0 Å². The summed E-state index contributed by atoms with van der Waals surface area (Å²) in [6.45, 7) is 0. The lowest BCUT2D eigenvalue weighted by molar-refractivity contribution is 0.477. The summed E-state index contributed by atoms with van der Waals surface area (Å²) in [4.78, 5) is 7.99. The van der Waals surface area contributed by atoms with Gasteiger partial charge in [0.15, 0.2) is 0 Å². The molecule has 0 atom stereocenters. The molecule has 0 bridgehead atoms. The Morgan fingerprint density at radius 2 is 1.96 bits per heavy atom. The molecule has 4 aromatic rings. The van der Waals surface area contributed by atoms with E-state index in [-0.39, 0.29) is 11.7 Å². The standard InChI is InChI=1S/C17H14N6O/c18-17-19-8-7-15(21-17)20-10-5-6-13-12(9-10)16(23-22-13)11-3-1-2-4-14(11)24/h1-9,24H,(H,22,23)(H3,18,19,20,21). The highest BCUT2D eigenvalue weighted by Gasteiger charge is 2.12. The van der Waals surface area contributed by atoms with E-state index < -0.39 is 0 Å². The predicted octanol–water partition coefficient (Wildman–Crippen LogP) is 3.05. The average molecular weight is 318 g/mol. The first kappa shape index (κ1) is 14.0. The SMILES string of the molecule is Nc1nccc(Nc2ccc3[nH]nc(-c4ccccc4O)c3c2)n1. The molecule has 5 N–H and O–H groups in total. The molecule has 24 heavy (non-hydrogen) atoms. The minimum absolute atomic E-state index is 0.188. The third-order valence-corrected chi connectivity index (χ3v) is 3.67. The van der Waals surface area contributed by atoms with Gasteiger partial charge in [0, 0.05) is 22.8 Å². The van der Waals surface area contributed by atoms with E-state index in [1.807, 2.05) is 30.3 Å². The van der Waals surface area contributed by atoms with E-state index in [1.165, 1.54) is 0 Å². The minimum atomic E-state index is 0.188. The zero-order valence-electron chi connectivity index (χ0n) is 12.6. The summed E-state index contributed by atoms with van der Waals surface area (Å²) in [6, 6.07) is 14.6. The van der Waals surface area contributed by atoms with Crippen LogP contribution >= 0.6 is 0 Å². The van der Waals surface area contributed by atoms with E-state index in [2.05, 4.69) is 25.5 Å². The molecule has 0 radical (unpaired) electrons. The lowest BCUT2D eigenvalue weighted by Gasteiger charge is -2.06. The Balaban J connectivity index is 1.77.